The fourth-order valence-electron chi connectivity index (χ4n) is 0.614. The first-order valence-corrected chi connectivity index (χ1v) is 3.57. The zero-order valence-electron chi connectivity index (χ0n) is 5.21. The molecular weight excluding hydrogens is 196 g/mol. The van der Waals surface area contributed by atoms with Gasteiger partial charge >= 0.3 is 0 Å². The molecule has 54 valence electrons. The van der Waals surface area contributed by atoms with Crippen LogP contribution in [0.4, 0.5) is 0 Å². The summed E-state index contributed by atoms with van der Waals surface area (Å²) in [6, 6.07) is 1.56. The molecule has 0 bridgehead atoms. The maximum absolute atomic E-state index is 9.12. The van der Waals surface area contributed by atoms with Gasteiger partial charge < -0.3 is 10.8 Å². The predicted octanol–water partition coefficient (Wildman–Crippen LogP) is 1.01. The molecule has 0 amide bonds. The summed E-state index contributed by atoms with van der Waals surface area (Å²) in [5.41, 5.74) is 5.78. The largest absolute Gasteiger partial charge is 0.506 e. The van der Waals surface area contributed by atoms with Gasteiger partial charge in [-0.1, -0.05) is 0 Å². The molecule has 1 rings (SSSR count). The summed E-state index contributed by atoms with van der Waals surface area (Å²) in [6.45, 7) is 0.263. The summed E-state index contributed by atoms with van der Waals surface area (Å²) in [5.74, 6) is 0.136. The zero-order valence-corrected chi connectivity index (χ0v) is 6.80. The van der Waals surface area contributed by atoms with E-state index in [1.54, 1.807) is 12.3 Å². The average Bonchev–Trinajstić information content (AvgIpc) is 1.88. The highest BCUT2D eigenvalue weighted by Gasteiger charge is 1.99. The van der Waals surface area contributed by atoms with Crippen LogP contribution in [0, 0.1) is 0 Å². The number of halogens is 1. The average molecular weight is 203 g/mol. The number of aromatic hydroxyl groups is 1. The number of hydrogen-bond acceptors (Lipinski definition) is 3. The third kappa shape index (κ3) is 1.46. The van der Waals surface area contributed by atoms with Gasteiger partial charge in [0.15, 0.2) is 0 Å². The third-order valence-electron chi connectivity index (χ3n) is 1.11. The van der Waals surface area contributed by atoms with Crippen LogP contribution in [0.5, 0.6) is 5.75 Å². The molecule has 0 aliphatic rings. The van der Waals surface area contributed by atoms with Crippen LogP contribution in [-0.2, 0) is 6.54 Å². The van der Waals surface area contributed by atoms with E-state index in [4.69, 9.17) is 10.8 Å². The van der Waals surface area contributed by atoms with Gasteiger partial charge in [-0.05, 0) is 22.0 Å². The van der Waals surface area contributed by atoms with Crippen molar-refractivity contribution in [3.05, 3.63) is 22.4 Å². The lowest BCUT2D eigenvalue weighted by molar-refractivity contribution is 0.464. The Hall–Kier alpha value is -0.610. The lowest BCUT2D eigenvalue weighted by Gasteiger charge is -1.98. The number of hydrogen-bond donors (Lipinski definition) is 2. The van der Waals surface area contributed by atoms with Gasteiger partial charge in [0.05, 0.1) is 5.69 Å². The first-order chi connectivity index (χ1) is 4.74. The fraction of sp³-hybridized carbons (Fsp3) is 0.167. The molecule has 3 N–H and O–H groups in total. The van der Waals surface area contributed by atoms with E-state index in [1.807, 2.05) is 0 Å². The summed E-state index contributed by atoms with van der Waals surface area (Å²) in [7, 11) is 0. The van der Waals surface area contributed by atoms with E-state index in [-0.39, 0.29) is 12.3 Å². The Morgan fingerprint density at radius 3 is 2.90 bits per heavy atom. The van der Waals surface area contributed by atoms with Crippen molar-refractivity contribution in [2.45, 2.75) is 6.54 Å². The first kappa shape index (κ1) is 7.50. The van der Waals surface area contributed by atoms with Crippen molar-refractivity contribution in [2.24, 2.45) is 5.73 Å². The summed E-state index contributed by atoms with van der Waals surface area (Å²) >= 11 is 3.16. The summed E-state index contributed by atoms with van der Waals surface area (Å²) in [4.78, 5) is 3.87. The maximum Gasteiger partial charge on any atom is 0.139 e. The highest BCUT2D eigenvalue weighted by molar-refractivity contribution is 9.10. The van der Waals surface area contributed by atoms with Gasteiger partial charge in [-0.15, -0.1) is 0 Å². The molecule has 1 aromatic rings. The summed E-state index contributed by atoms with van der Waals surface area (Å²) < 4.78 is 0.752. The van der Waals surface area contributed by atoms with Gasteiger partial charge in [0.2, 0.25) is 0 Å². The molecule has 3 nitrogen and oxygen atoms in total. The van der Waals surface area contributed by atoms with Crippen LogP contribution in [0.1, 0.15) is 5.69 Å². The standard InChI is InChI=1S/C6H7BrN2O/c7-4-1-6(10)5(2-8)9-3-4/h1,3,10H,2,8H2. The van der Waals surface area contributed by atoms with Crippen LogP contribution < -0.4 is 5.73 Å². The van der Waals surface area contributed by atoms with Gasteiger partial charge in [0.25, 0.3) is 0 Å². The van der Waals surface area contributed by atoms with Crippen molar-refractivity contribution in [1.82, 2.24) is 4.98 Å². The van der Waals surface area contributed by atoms with E-state index < -0.39 is 0 Å². The van der Waals surface area contributed by atoms with Gasteiger partial charge in [-0.2, -0.15) is 0 Å². The van der Waals surface area contributed by atoms with E-state index in [1.165, 1.54) is 0 Å². The molecule has 0 aromatic carbocycles. The van der Waals surface area contributed by atoms with Crippen LogP contribution in [-0.4, -0.2) is 10.1 Å². The highest BCUT2D eigenvalue weighted by Crippen LogP contribution is 2.18. The van der Waals surface area contributed by atoms with E-state index >= 15 is 0 Å². The number of aromatic nitrogens is 1. The number of rotatable bonds is 1. The summed E-state index contributed by atoms with van der Waals surface area (Å²) in [6.07, 6.45) is 1.60. The molecule has 0 saturated heterocycles. The highest BCUT2D eigenvalue weighted by atomic mass is 79.9. The number of nitrogens with zero attached hydrogens (tertiary/aromatic N) is 1. The molecule has 0 aliphatic carbocycles. The topological polar surface area (TPSA) is 59.1 Å². The molecule has 0 saturated carbocycles. The Labute approximate surface area is 67.0 Å². The first-order valence-electron chi connectivity index (χ1n) is 2.77. The molecule has 10 heavy (non-hydrogen) atoms. The number of nitrogens with two attached hydrogens (primary N) is 1. The van der Waals surface area contributed by atoms with Gasteiger partial charge in [-0.3, -0.25) is 4.98 Å². The van der Waals surface area contributed by atoms with E-state index in [2.05, 4.69) is 20.9 Å². The fourth-order valence-corrected chi connectivity index (χ4v) is 0.933. The predicted molar refractivity (Wildman–Crippen MR) is 41.5 cm³/mol. The van der Waals surface area contributed by atoms with Crippen molar-refractivity contribution in [1.29, 1.82) is 0 Å². The van der Waals surface area contributed by atoms with Crippen molar-refractivity contribution in [3.8, 4) is 5.75 Å². The molecule has 4 heteroatoms. The van der Waals surface area contributed by atoms with Gasteiger partial charge in [0, 0.05) is 17.2 Å². The minimum atomic E-state index is 0.136. The molecule has 0 radical (unpaired) electrons. The van der Waals surface area contributed by atoms with Crippen molar-refractivity contribution in [2.75, 3.05) is 0 Å². The second-order valence-electron chi connectivity index (χ2n) is 1.82. The summed E-state index contributed by atoms with van der Waals surface area (Å²) in [5, 5.41) is 9.12. The minimum absolute atomic E-state index is 0.136. The van der Waals surface area contributed by atoms with Crippen LogP contribution in [0.15, 0.2) is 16.7 Å². The molecule has 1 aromatic heterocycles. The lowest BCUT2D eigenvalue weighted by Crippen LogP contribution is -1.99. The lowest BCUT2D eigenvalue weighted by atomic mass is 10.3. The molecular formula is C6H7BrN2O. The van der Waals surface area contributed by atoms with Gasteiger partial charge in [0.1, 0.15) is 5.75 Å². The Morgan fingerprint density at radius 2 is 2.40 bits per heavy atom. The molecule has 1 heterocycles. The maximum atomic E-state index is 9.12. The molecule has 0 unspecified atom stereocenters. The Morgan fingerprint density at radius 1 is 1.70 bits per heavy atom. The Balaban J connectivity index is 3.07. The van der Waals surface area contributed by atoms with Crippen LogP contribution in [0.25, 0.3) is 0 Å². The second-order valence-corrected chi connectivity index (χ2v) is 2.74. The second kappa shape index (κ2) is 2.98. The van der Waals surface area contributed by atoms with Gasteiger partial charge in [-0.25, -0.2) is 0 Å². The van der Waals surface area contributed by atoms with Crippen molar-refractivity contribution >= 4 is 15.9 Å². The third-order valence-corrected chi connectivity index (χ3v) is 1.54. The normalized spacial score (nSPS) is 9.80. The van der Waals surface area contributed by atoms with Crippen LogP contribution >= 0.6 is 15.9 Å². The Bertz CT molecular complexity index is 239. The SMILES string of the molecule is NCc1ncc(Br)cc1O. The zero-order chi connectivity index (χ0) is 7.56. The minimum Gasteiger partial charge on any atom is -0.506 e. The van der Waals surface area contributed by atoms with Crippen molar-refractivity contribution < 1.29 is 5.11 Å². The monoisotopic (exact) mass is 202 g/mol. The van der Waals surface area contributed by atoms with Crippen LogP contribution in [0.3, 0.4) is 0 Å². The number of pyridine rings is 1. The van der Waals surface area contributed by atoms with Crippen LogP contribution in [0.2, 0.25) is 0 Å². The molecule has 0 aliphatic heterocycles. The molecule has 0 spiro atoms. The van der Waals surface area contributed by atoms with E-state index in [0.717, 1.165) is 4.47 Å². The van der Waals surface area contributed by atoms with E-state index in [9.17, 15) is 0 Å². The molecule has 0 fully saturated rings. The Kier molecular flexibility index (Phi) is 2.24. The smallest absolute Gasteiger partial charge is 0.139 e. The van der Waals surface area contributed by atoms with Crippen molar-refractivity contribution in [3.63, 3.8) is 0 Å². The quantitative estimate of drug-likeness (QED) is 0.715. The van der Waals surface area contributed by atoms with E-state index in [0.29, 0.717) is 5.69 Å². The molecule has 0 atom stereocenters.